The molecule has 0 saturated carbocycles. The number of fused-ring (bicyclic) bond motifs is 5. The Hall–Kier alpha value is -4.92. The van der Waals surface area contributed by atoms with Crippen LogP contribution in [0, 0.1) is 6.92 Å². The second-order valence-corrected chi connectivity index (χ2v) is 12.2. The summed E-state index contributed by atoms with van der Waals surface area (Å²) in [4.78, 5) is 14.5. The zero-order chi connectivity index (χ0) is 30.7. The number of aliphatic hydroxyl groups excluding tert-OH is 1. The van der Waals surface area contributed by atoms with Crippen molar-refractivity contribution in [2.75, 3.05) is 5.75 Å². The standard InChI is InChI=1S/C36H31N5O2S/c1-6-9-26-17-24-14-15-27(41-29-11-8-7-10-28(29)37-38-41)19-31(24)39(26)33(42)20-44-35-32-18-25-13-12-22(4)16-30(25)40(32)36(43)23(5)34(35)21(2)3/h6-19,33,42H,2,5,20H2,1,3-4H3/b9-6+. The SMILES string of the molecule is C=C(C)c1c(SCC(O)n2c(/C=C/C)cc3ccc(-n4nnc5ccccc54)cc32)c2cc3ccc(C)cc3n2c(=O)c1=C. The lowest BCUT2D eigenvalue weighted by molar-refractivity contribution is 0.134. The fraction of sp³-hybridized carbons (Fsp3) is 0.139. The maximum atomic E-state index is 13.6. The van der Waals surface area contributed by atoms with Gasteiger partial charge in [-0.3, -0.25) is 9.20 Å². The van der Waals surface area contributed by atoms with Gasteiger partial charge in [0.25, 0.3) is 5.56 Å². The van der Waals surface area contributed by atoms with E-state index in [1.54, 1.807) is 4.40 Å². The van der Waals surface area contributed by atoms with Crippen molar-refractivity contribution in [1.82, 2.24) is 24.0 Å². The van der Waals surface area contributed by atoms with E-state index >= 15 is 0 Å². The molecule has 8 heteroatoms. The number of rotatable bonds is 7. The fourth-order valence-corrected chi connectivity index (χ4v) is 7.29. The molecule has 1 atom stereocenters. The lowest BCUT2D eigenvalue weighted by atomic mass is 10.1. The minimum Gasteiger partial charge on any atom is -0.372 e. The van der Waals surface area contributed by atoms with E-state index in [1.807, 2.05) is 109 Å². The van der Waals surface area contributed by atoms with Crippen LogP contribution in [0.2, 0.25) is 0 Å². The Balaban J connectivity index is 1.34. The summed E-state index contributed by atoms with van der Waals surface area (Å²) < 4.78 is 5.52. The molecule has 4 heterocycles. The highest BCUT2D eigenvalue weighted by Crippen LogP contribution is 2.35. The summed E-state index contributed by atoms with van der Waals surface area (Å²) in [7, 11) is 0. The largest absolute Gasteiger partial charge is 0.372 e. The van der Waals surface area contributed by atoms with Crippen LogP contribution in [0.5, 0.6) is 0 Å². The molecule has 44 heavy (non-hydrogen) atoms. The number of hydrogen-bond donors (Lipinski definition) is 1. The first-order chi connectivity index (χ1) is 21.3. The number of aromatic nitrogens is 5. The van der Waals surface area contributed by atoms with E-state index in [9.17, 15) is 9.90 Å². The third kappa shape index (κ3) is 4.37. The van der Waals surface area contributed by atoms with Crippen LogP contribution in [0.1, 0.15) is 36.9 Å². The predicted molar refractivity (Wildman–Crippen MR) is 182 cm³/mol. The van der Waals surface area contributed by atoms with Gasteiger partial charge in [-0.25, -0.2) is 4.68 Å². The van der Waals surface area contributed by atoms with Crippen molar-refractivity contribution in [2.24, 2.45) is 0 Å². The summed E-state index contributed by atoms with van der Waals surface area (Å²) in [6.07, 6.45) is 3.09. The van der Waals surface area contributed by atoms with Crippen molar-refractivity contribution in [1.29, 1.82) is 0 Å². The van der Waals surface area contributed by atoms with Gasteiger partial charge in [-0.1, -0.05) is 54.8 Å². The van der Waals surface area contributed by atoms with Gasteiger partial charge < -0.3 is 9.67 Å². The quantitative estimate of drug-likeness (QED) is 0.202. The Bertz CT molecular complexity index is 2410. The van der Waals surface area contributed by atoms with Gasteiger partial charge >= 0.3 is 0 Å². The number of aliphatic hydroxyl groups is 1. The molecule has 1 unspecified atom stereocenters. The van der Waals surface area contributed by atoms with Crippen LogP contribution >= 0.6 is 11.8 Å². The van der Waals surface area contributed by atoms with Gasteiger partial charge in [-0.15, -0.1) is 16.9 Å². The maximum absolute atomic E-state index is 13.6. The van der Waals surface area contributed by atoms with Crippen LogP contribution in [0.4, 0.5) is 0 Å². The maximum Gasteiger partial charge on any atom is 0.262 e. The molecule has 218 valence electrons. The van der Waals surface area contributed by atoms with Crippen LogP contribution in [0.3, 0.4) is 0 Å². The zero-order valence-corrected chi connectivity index (χ0v) is 25.6. The summed E-state index contributed by atoms with van der Waals surface area (Å²) in [6.45, 7) is 14.2. The molecule has 7 aromatic rings. The monoisotopic (exact) mass is 597 g/mol. The molecule has 0 spiro atoms. The Morgan fingerprint density at radius 2 is 1.77 bits per heavy atom. The number of hydrogen-bond acceptors (Lipinski definition) is 5. The Morgan fingerprint density at radius 1 is 1.00 bits per heavy atom. The molecule has 4 aromatic heterocycles. The van der Waals surface area contributed by atoms with E-state index in [2.05, 4.69) is 29.5 Å². The van der Waals surface area contributed by atoms with Gasteiger partial charge in [0.15, 0.2) is 0 Å². The van der Waals surface area contributed by atoms with E-state index in [0.717, 1.165) is 71.3 Å². The van der Waals surface area contributed by atoms with Crippen molar-refractivity contribution in [3.8, 4) is 5.69 Å². The van der Waals surface area contributed by atoms with Crippen molar-refractivity contribution in [3.63, 3.8) is 0 Å². The van der Waals surface area contributed by atoms with Crippen LogP contribution in [-0.4, -0.2) is 34.8 Å². The molecule has 0 bridgehead atoms. The van der Waals surface area contributed by atoms with Crippen LogP contribution in [-0.2, 0) is 0 Å². The summed E-state index contributed by atoms with van der Waals surface area (Å²) in [5.41, 5.74) is 8.42. The number of pyridine rings is 1. The Kier molecular flexibility index (Phi) is 6.76. The molecule has 1 N–H and O–H groups in total. The van der Waals surface area contributed by atoms with Gasteiger partial charge in [0.1, 0.15) is 11.7 Å². The second-order valence-electron chi connectivity index (χ2n) is 11.2. The molecule has 7 rings (SSSR count). The first-order valence-corrected chi connectivity index (χ1v) is 15.4. The molecular formula is C36H31N5O2S. The third-order valence-electron chi connectivity index (χ3n) is 8.07. The molecule has 7 nitrogen and oxygen atoms in total. The molecule has 3 aromatic carbocycles. The molecule has 0 aliphatic carbocycles. The summed E-state index contributed by atoms with van der Waals surface area (Å²) in [5, 5.41) is 22.9. The third-order valence-corrected chi connectivity index (χ3v) is 9.24. The van der Waals surface area contributed by atoms with Gasteiger partial charge in [0, 0.05) is 37.9 Å². The second kappa shape index (κ2) is 10.7. The van der Waals surface area contributed by atoms with Gasteiger partial charge in [-0.2, -0.15) is 0 Å². The molecule has 0 saturated heterocycles. The Labute approximate surface area is 258 Å². The first-order valence-electron chi connectivity index (χ1n) is 14.4. The van der Waals surface area contributed by atoms with Crippen molar-refractivity contribution >= 4 is 68.3 Å². The first kappa shape index (κ1) is 27.9. The highest BCUT2D eigenvalue weighted by Gasteiger charge is 2.21. The minimum absolute atomic E-state index is 0.150. The van der Waals surface area contributed by atoms with E-state index < -0.39 is 6.23 Å². The highest BCUT2D eigenvalue weighted by atomic mass is 32.2. The summed E-state index contributed by atoms with van der Waals surface area (Å²) in [5.74, 6) is 0.332. The van der Waals surface area contributed by atoms with Crippen molar-refractivity contribution in [2.45, 2.75) is 31.9 Å². The summed E-state index contributed by atoms with van der Waals surface area (Å²) in [6, 6.07) is 24.2. The topological polar surface area (TPSA) is 77.3 Å². The van der Waals surface area contributed by atoms with Gasteiger partial charge in [0.05, 0.1) is 27.8 Å². The zero-order valence-electron chi connectivity index (χ0n) is 24.8. The number of nitrogens with zero attached hydrogens (tertiary/aromatic N) is 5. The van der Waals surface area contributed by atoms with E-state index in [-0.39, 0.29) is 5.56 Å². The van der Waals surface area contributed by atoms with Crippen LogP contribution in [0.25, 0.3) is 62.3 Å². The van der Waals surface area contributed by atoms with Crippen molar-refractivity contribution < 1.29 is 5.11 Å². The number of thioether (sulfide) groups is 1. The number of aryl methyl sites for hydroxylation is 1. The molecule has 0 amide bonds. The van der Waals surface area contributed by atoms with Gasteiger partial charge in [-0.05, 0) is 80.4 Å². The molecular weight excluding hydrogens is 566 g/mol. The lowest BCUT2D eigenvalue weighted by Gasteiger charge is -2.19. The number of para-hydroxylation sites is 1. The average Bonchev–Trinajstić information content (AvgIpc) is 3.71. The van der Waals surface area contributed by atoms with Crippen LogP contribution < -0.4 is 10.8 Å². The molecule has 0 fully saturated rings. The van der Waals surface area contributed by atoms with E-state index in [0.29, 0.717) is 11.0 Å². The van der Waals surface area contributed by atoms with Gasteiger partial charge in [0.2, 0.25) is 0 Å². The van der Waals surface area contributed by atoms with Crippen LogP contribution in [0.15, 0.2) is 95.1 Å². The minimum atomic E-state index is -0.878. The average molecular weight is 598 g/mol. The molecule has 0 aliphatic rings. The molecule has 0 aliphatic heterocycles. The fourth-order valence-electron chi connectivity index (χ4n) is 6.09. The number of benzene rings is 3. The Morgan fingerprint density at radius 3 is 2.57 bits per heavy atom. The smallest absolute Gasteiger partial charge is 0.262 e. The predicted octanol–water partition coefficient (Wildman–Crippen LogP) is 6.93. The normalized spacial score (nSPS) is 12.8. The molecule has 0 radical (unpaired) electrons. The van der Waals surface area contributed by atoms with Crippen molar-refractivity contribution in [3.05, 3.63) is 118 Å². The lowest BCUT2D eigenvalue weighted by Crippen LogP contribution is -2.33. The highest BCUT2D eigenvalue weighted by molar-refractivity contribution is 7.99. The van der Waals surface area contributed by atoms with E-state index in [4.69, 9.17) is 0 Å². The number of allylic oxidation sites excluding steroid dienone is 2. The van der Waals surface area contributed by atoms with E-state index in [1.165, 1.54) is 11.8 Å². The summed E-state index contributed by atoms with van der Waals surface area (Å²) >= 11 is 1.51.